The number of hydrogen-bond donors (Lipinski definition) is 2. The lowest BCUT2D eigenvalue weighted by molar-refractivity contribution is 0.0830. The maximum Gasteiger partial charge on any atom is 0.0822 e. The van der Waals surface area contributed by atoms with Crippen LogP contribution in [0.1, 0.15) is 19.3 Å². The lowest BCUT2D eigenvalue weighted by atomic mass is 10.2. The van der Waals surface area contributed by atoms with E-state index in [1.165, 1.54) is 0 Å². The summed E-state index contributed by atoms with van der Waals surface area (Å²) in [5.74, 6) is 0. The summed E-state index contributed by atoms with van der Waals surface area (Å²) in [6.45, 7) is -0.281. The van der Waals surface area contributed by atoms with Gasteiger partial charge in [-0.3, -0.25) is 0 Å². The van der Waals surface area contributed by atoms with E-state index in [1.54, 1.807) is 0 Å². The summed E-state index contributed by atoms with van der Waals surface area (Å²) in [6.07, 6.45) is 1.22. The lowest BCUT2D eigenvalue weighted by Gasteiger charge is -2.03. The Morgan fingerprint density at radius 1 is 1.33 bits per heavy atom. The average Bonchev–Trinajstić information content (AvgIpc) is 1.89. The molecule has 0 aliphatic heterocycles. The minimum Gasteiger partial charge on any atom is -0.394 e. The first kappa shape index (κ1) is 8.88. The quantitative estimate of drug-likeness (QED) is 0.516. The summed E-state index contributed by atoms with van der Waals surface area (Å²) in [6, 6.07) is 0. The normalized spacial score (nSPS) is 13.7. The highest BCUT2D eigenvalue weighted by Crippen LogP contribution is 1.98. The van der Waals surface area contributed by atoms with Crippen molar-refractivity contribution in [2.75, 3.05) is 13.2 Å². The van der Waals surface area contributed by atoms with Gasteiger partial charge in [0.05, 0.1) is 19.3 Å². The SMILES string of the molecule is [O]CCCCC(O)CO. The van der Waals surface area contributed by atoms with E-state index >= 15 is 0 Å². The highest BCUT2D eigenvalue weighted by atomic mass is 16.3. The molecule has 0 fully saturated rings. The second kappa shape index (κ2) is 6.01. The second-order valence-electron chi connectivity index (χ2n) is 2.04. The molecule has 2 N–H and O–H groups in total. The fourth-order valence-corrected chi connectivity index (χ4v) is 0.573. The Balaban J connectivity index is 2.88. The monoisotopic (exact) mass is 133 g/mol. The van der Waals surface area contributed by atoms with Crippen molar-refractivity contribution in [3.05, 3.63) is 0 Å². The van der Waals surface area contributed by atoms with Crippen LogP contribution < -0.4 is 0 Å². The van der Waals surface area contributed by atoms with Gasteiger partial charge in [-0.1, -0.05) is 0 Å². The Labute approximate surface area is 54.9 Å². The van der Waals surface area contributed by atoms with Gasteiger partial charge in [-0.2, -0.15) is 0 Å². The van der Waals surface area contributed by atoms with Gasteiger partial charge in [0.15, 0.2) is 0 Å². The maximum absolute atomic E-state index is 9.86. The molecule has 0 bridgehead atoms. The van der Waals surface area contributed by atoms with E-state index in [2.05, 4.69) is 0 Å². The van der Waals surface area contributed by atoms with Crippen molar-refractivity contribution in [3.8, 4) is 0 Å². The highest BCUT2D eigenvalue weighted by molar-refractivity contribution is 4.51. The van der Waals surface area contributed by atoms with Gasteiger partial charge in [0.25, 0.3) is 0 Å². The van der Waals surface area contributed by atoms with Crippen molar-refractivity contribution in [2.24, 2.45) is 0 Å². The zero-order valence-corrected chi connectivity index (χ0v) is 5.42. The van der Waals surface area contributed by atoms with Crippen LogP contribution in [0.4, 0.5) is 0 Å². The van der Waals surface area contributed by atoms with Crippen LogP contribution in [0.25, 0.3) is 0 Å². The summed E-state index contributed by atoms with van der Waals surface area (Å²) >= 11 is 0. The van der Waals surface area contributed by atoms with E-state index in [9.17, 15) is 5.11 Å². The molecule has 0 saturated heterocycles. The van der Waals surface area contributed by atoms with Crippen molar-refractivity contribution in [3.63, 3.8) is 0 Å². The summed E-state index contributed by atoms with van der Waals surface area (Å²) in [5.41, 5.74) is 0. The van der Waals surface area contributed by atoms with Crippen molar-refractivity contribution in [1.29, 1.82) is 0 Å². The van der Waals surface area contributed by atoms with Gasteiger partial charge in [-0.15, -0.1) is 0 Å². The maximum atomic E-state index is 9.86. The standard InChI is InChI=1S/C6H13O3/c7-4-2-1-3-6(9)5-8/h6,8-9H,1-5H2. The molecule has 0 aliphatic rings. The third kappa shape index (κ3) is 5.76. The third-order valence-electron chi connectivity index (χ3n) is 1.14. The van der Waals surface area contributed by atoms with E-state index in [4.69, 9.17) is 10.2 Å². The van der Waals surface area contributed by atoms with Crippen LogP contribution in [0, 0.1) is 0 Å². The largest absolute Gasteiger partial charge is 0.394 e. The van der Waals surface area contributed by atoms with E-state index in [-0.39, 0.29) is 13.2 Å². The first-order chi connectivity index (χ1) is 4.31. The van der Waals surface area contributed by atoms with Crippen LogP contribution >= 0.6 is 0 Å². The van der Waals surface area contributed by atoms with E-state index in [1.807, 2.05) is 0 Å². The van der Waals surface area contributed by atoms with Crippen LogP contribution in [0.5, 0.6) is 0 Å². The van der Waals surface area contributed by atoms with Gasteiger partial charge >= 0.3 is 0 Å². The molecule has 1 radical (unpaired) electrons. The van der Waals surface area contributed by atoms with Crippen molar-refractivity contribution in [1.82, 2.24) is 0 Å². The molecule has 1 unspecified atom stereocenters. The van der Waals surface area contributed by atoms with Gasteiger partial charge in [-0.05, 0) is 19.3 Å². The van der Waals surface area contributed by atoms with Gasteiger partial charge in [0.2, 0.25) is 0 Å². The average molecular weight is 133 g/mol. The molecule has 0 saturated carbocycles. The minimum absolute atomic E-state index is 0.0852. The molecule has 3 heteroatoms. The van der Waals surface area contributed by atoms with Gasteiger partial charge in [0, 0.05) is 0 Å². The number of unbranched alkanes of at least 4 members (excludes halogenated alkanes) is 1. The molecular formula is C6H13O3. The van der Waals surface area contributed by atoms with Gasteiger partial charge < -0.3 is 10.2 Å². The first-order valence-electron chi connectivity index (χ1n) is 3.18. The van der Waals surface area contributed by atoms with Crippen LogP contribution in [-0.2, 0) is 5.11 Å². The first-order valence-corrected chi connectivity index (χ1v) is 3.18. The van der Waals surface area contributed by atoms with Crippen LogP contribution in [-0.4, -0.2) is 29.5 Å². The number of hydrogen-bond acceptors (Lipinski definition) is 2. The Morgan fingerprint density at radius 2 is 2.00 bits per heavy atom. The summed E-state index contributed by atoms with van der Waals surface area (Å²) < 4.78 is 0. The number of rotatable bonds is 5. The van der Waals surface area contributed by atoms with Gasteiger partial charge in [0.1, 0.15) is 0 Å². The summed E-state index contributed by atoms with van der Waals surface area (Å²) in [4.78, 5) is 0. The second-order valence-corrected chi connectivity index (χ2v) is 2.04. The fraction of sp³-hybridized carbons (Fsp3) is 1.00. The van der Waals surface area contributed by atoms with E-state index < -0.39 is 6.10 Å². The minimum atomic E-state index is -0.628. The van der Waals surface area contributed by atoms with Crippen LogP contribution in [0.2, 0.25) is 0 Å². The van der Waals surface area contributed by atoms with Crippen LogP contribution in [0.15, 0.2) is 0 Å². The number of aliphatic hydroxyl groups is 2. The fourth-order valence-electron chi connectivity index (χ4n) is 0.573. The highest BCUT2D eigenvalue weighted by Gasteiger charge is 1.99. The molecule has 0 spiro atoms. The Bertz CT molecular complexity index is 56.3. The predicted octanol–water partition coefficient (Wildman–Crippen LogP) is -0.0596. The summed E-state index contributed by atoms with van der Waals surface area (Å²) in [7, 11) is 0. The van der Waals surface area contributed by atoms with Gasteiger partial charge in [-0.25, -0.2) is 5.11 Å². The van der Waals surface area contributed by atoms with Crippen molar-refractivity contribution < 1.29 is 15.3 Å². The van der Waals surface area contributed by atoms with Crippen molar-refractivity contribution >= 4 is 0 Å². The molecule has 0 heterocycles. The van der Waals surface area contributed by atoms with E-state index in [0.717, 1.165) is 0 Å². The van der Waals surface area contributed by atoms with Crippen molar-refractivity contribution in [2.45, 2.75) is 25.4 Å². The topological polar surface area (TPSA) is 60.4 Å². The molecule has 0 amide bonds. The molecule has 0 rings (SSSR count). The molecule has 9 heavy (non-hydrogen) atoms. The molecule has 0 aromatic rings. The molecule has 1 atom stereocenters. The summed E-state index contributed by atoms with van der Waals surface area (Å²) in [5, 5.41) is 26.9. The Kier molecular flexibility index (Phi) is 5.93. The number of aliphatic hydroxyl groups excluding tert-OH is 2. The molecule has 0 aliphatic carbocycles. The Hall–Kier alpha value is -0.120. The molecule has 55 valence electrons. The zero-order chi connectivity index (χ0) is 7.11. The molecule has 3 nitrogen and oxygen atoms in total. The third-order valence-corrected chi connectivity index (χ3v) is 1.14. The lowest BCUT2D eigenvalue weighted by Crippen LogP contribution is -2.11. The molecular weight excluding hydrogens is 120 g/mol. The molecule has 0 aromatic heterocycles. The molecule has 0 aromatic carbocycles. The predicted molar refractivity (Wildman–Crippen MR) is 32.5 cm³/mol. The smallest absolute Gasteiger partial charge is 0.0822 e. The van der Waals surface area contributed by atoms with E-state index in [0.29, 0.717) is 19.3 Å². The Morgan fingerprint density at radius 3 is 2.44 bits per heavy atom. The zero-order valence-electron chi connectivity index (χ0n) is 5.42. The van der Waals surface area contributed by atoms with Crippen LogP contribution in [0.3, 0.4) is 0 Å².